The van der Waals surface area contributed by atoms with Gasteiger partial charge in [0, 0.05) is 51.0 Å². The molecule has 1 N–H and O–H groups in total. The van der Waals surface area contributed by atoms with E-state index < -0.39 is 0 Å². The van der Waals surface area contributed by atoms with Gasteiger partial charge in [-0.15, -0.1) is 0 Å². The van der Waals surface area contributed by atoms with Crippen molar-refractivity contribution in [1.29, 1.82) is 0 Å². The van der Waals surface area contributed by atoms with Crippen LogP contribution in [0.5, 0.6) is 0 Å². The number of hydrazine groups is 1. The maximum atomic E-state index is 13.1. The number of nitrogens with one attached hydrogen (secondary N) is 1. The zero-order valence-corrected chi connectivity index (χ0v) is 18.7. The lowest BCUT2D eigenvalue weighted by Gasteiger charge is -2.37. The number of amides is 2. The summed E-state index contributed by atoms with van der Waals surface area (Å²) in [6, 6.07) is 13.8. The molecular weight excluding hydrogens is 404 g/mol. The van der Waals surface area contributed by atoms with Crippen molar-refractivity contribution in [1.82, 2.24) is 20.2 Å². The monoisotopic (exact) mass is 434 g/mol. The van der Waals surface area contributed by atoms with Gasteiger partial charge in [-0.25, -0.2) is 5.01 Å². The lowest BCUT2D eigenvalue weighted by molar-refractivity contribution is -0.126. The molecule has 2 aromatic rings. The minimum absolute atomic E-state index is 0.0399. The van der Waals surface area contributed by atoms with Gasteiger partial charge >= 0.3 is 0 Å². The molecule has 2 amide bonds. The van der Waals surface area contributed by atoms with Gasteiger partial charge in [0.15, 0.2) is 0 Å². The van der Waals surface area contributed by atoms with Gasteiger partial charge in [0.05, 0.1) is 5.69 Å². The van der Waals surface area contributed by atoms with E-state index in [2.05, 4.69) is 26.4 Å². The molecule has 8 nitrogen and oxygen atoms in total. The summed E-state index contributed by atoms with van der Waals surface area (Å²) >= 11 is 0. The van der Waals surface area contributed by atoms with Gasteiger partial charge in [-0.1, -0.05) is 23.8 Å². The molecular formula is C24H30N6O2. The maximum Gasteiger partial charge on any atom is 0.290 e. The van der Waals surface area contributed by atoms with Crippen LogP contribution in [0.1, 0.15) is 24.1 Å². The van der Waals surface area contributed by atoms with E-state index in [1.54, 1.807) is 4.90 Å². The Morgan fingerprint density at radius 1 is 1.16 bits per heavy atom. The Balaban J connectivity index is 1.30. The van der Waals surface area contributed by atoms with E-state index in [1.807, 2.05) is 56.6 Å². The number of aromatic nitrogens is 1. The van der Waals surface area contributed by atoms with Gasteiger partial charge in [-0.3, -0.25) is 25.0 Å². The first-order valence-corrected chi connectivity index (χ1v) is 11.1. The Morgan fingerprint density at radius 3 is 2.59 bits per heavy atom. The number of carbonyl (C=O) groups is 2. The molecule has 0 unspecified atom stereocenters. The lowest BCUT2D eigenvalue weighted by atomic mass is 10.0. The average molecular weight is 435 g/mol. The Bertz CT molecular complexity index is 968. The van der Waals surface area contributed by atoms with E-state index in [1.165, 1.54) is 5.01 Å². The molecule has 0 aliphatic carbocycles. The van der Waals surface area contributed by atoms with Gasteiger partial charge in [0.1, 0.15) is 6.54 Å². The van der Waals surface area contributed by atoms with E-state index in [4.69, 9.17) is 0 Å². The van der Waals surface area contributed by atoms with Crippen molar-refractivity contribution in [2.45, 2.75) is 32.2 Å². The number of anilines is 1. The molecule has 168 valence electrons. The van der Waals surface area contributed by atoms with Gasteiger partial charge < -0.3 is 9.80 Å². The first-order valence-electron chi connectivity index (χ1n) is 11.1. The Morgan fingerprint density at radius 2 is 1.91 bits per heavy atom. The zero-order valence-electron chi connectivity index (χ0n) is 18.7. The number of piperidine rings is 1. The van der Waals surface area contributed by atoms with Crippen LogP contribution in [0, 0.1) is 6.92 Å². The smallest absolute Gasteiger partial charge is 0.290 e. The van der Waals surface area contributed by atoms with Crippen molar-refractivity contribution in [3.8, 4) is 0 Å². The third-order valence-electron chi connectivity index (χ3n) is 6.17. The van der Waals surface area contributed by atoms with E-state index in [9.17, 15) is 9.59 Å². The Hall–Kier alpha value is -3.26. The van der Waals surface area contributed by atoms with Crippen molar-refractivity contribution in [2.24, 2.45) is 4.99 Å². The number of amidine groups is 1. The number of aryl methyl sites for hydroxylation is 1. The number of nitrogens with zero attached hydrogens (tertiary/aromatic N) is 5. The summed E-state index contributed by atoms with van der Waals surface area (Å²) in [5.74, 6) is -0.152. The number of pyridine rings is 1. The van der Waals surface area contributed by atoms with Crippen LogP contribution in [0.15, 0.2) is 53.7 Å². The summed E-state index contributed by atoms with van der Waals surface area (Å²) < 4.78 is 0. The predicted molar refractivity (Wildman–Crippen MR) is 124 cm³/mol. The molecule has 2 aliphatic rings. The van der Waals surface area contributed by atoms with Crippen molar-refractivity contribution in [3.63, 3.8) is 0 Å². The largest absolute Gasteiger partial charge is 0.336 e. The minimum atomic E-state index is -0.186. The maximum absolute atomic E-state index is 13.1. The van der Waals surface area contributed by atoms with E-state index in [0.717, 1.165) is 50.2 Å². The summed E-state index contributed by atoms with van der Waals surface area (Å²) in [4.78, 5) is 38.2. The fourth-order valence-electron chi connectivity index (χ4n) is 4.12. The lowest BCUT2D eigenvalue weighted by Crippen LogP contribution is -2.57. The van der Waals surface area contributed by atoms with E-state index >= 15 is 0 Å². The van der Waals surface area contributed by atoms with Crippen LogP contribution in [0.4, 0.5) is 5.69 Å². The molecule has 2 aliphatic heterocycles. The predicted octanol–water partition coefficient (Wildman–Crippen LogP) is 1.81. The third-order valence-corrected chi connectivity index (χ3v) is 6.17. The summed E-state index contributed by atoms with van der Waals surface area (Å²) in [5, 5.41) is 1.41. The van der Waals surface area contributed by atoms with Crippen LogP contribution in [0.3, 0.4) is 0 Å². The number of hydrogen-bond donors (Lipinski definition) is 1. The highest BCUT2D eigenvalue weighted by molar-refractivity contribution is 6.39. The molecule has 32 heavy (non-hydrogen) atoms. The first kappa shape index (κ1) is 22.0. The number of benzene rings is 1. The van der Waals surface area contributed by atoms with Crippen molar-refractivity contribution < 1.29 is 9.59 Å². The summed E-state index contributed by atoms with van der Waals surface area (Å²) in [5.41, 5.74) is 5.84. The molecule has 0 spiro atoms. The standard InChI is InChI=1S/C24H30N6O2/c1-18-6-8-21(9-7-18)30-22(31)17-26-23(27-30)24(32)28(2)20-11-15-29(16-12-20)14-10-19-5-3-4-13-25-19/h3-9,13,20H,10-12,14-17H2,1-2H3,(H,26,27). The van der Waals surface area contributed by atoms with Crippen LogP contribution >= 0.6 is 0 Å². The normalized spacial score (nSPS) is 17.6. The van der Waals surface area contributed by atoms with Crippen LogP contribution in [-0.2, 0) is 16.0 Å². The number of aliphatic imine (C=N–C) groups is 1. The molecule has 0 atom stereocenters. The van der Waals surface area contributed by atoms with Crippen molar-refractivity contribution in [3.05, 3.63) is 59.9 Å². The number of likely N-dealkylation sites (N-methyl/N-ethyl adjacent to an activating group) is 1. The van der Waals surface area contributed by atoms with Gasteiger partial charge in [0.2, 0.25) is 5.84 Å². The molecule has 8 heteroatoms. The van der Waals surface area contributed by atoms with Crippen molar-refractivity contribution in [2.75, 3.05) is 38.2 Å². The van der Waals surface area contributed by atoms with Crippen LogP contribution in [0.2, 0.25) is 0 Å². The fraction of sp³-hybridized carbons (Fsp3) is 0.417. The minimum Gasteiger partial charge on any atom is -0.336 e. The van der Waals surface area contributed by atoms with Crippen molar-refractivity contribution >= 4 is 23.3 Å². The SMILES string of the molecule is Cc1ccc(N2NC(C(=O)N(C)C3CCN(CCc4ccccn4)CC3)=NCC2=O)cc1. The highest BCUT2D eigenvalue weighted by Gasteiger charge is 2.31. The van der Waals surface area contributed by atoms with E-state index in [-0.39, 0.29) is 30.2 Å². The molecule has 3 heterocycles. The van der Waals surface area contributed by atoms with Crippen LogP contribution in [-0.4, -0.2) is 71.7 Å². The van der Waals surface area contributed by atoms with Gasteiger partial charge in [-0.2, -0.15) is 0 Å². The van der Waals surface area contributed by atoms with Crippen LogP contribution < -0.4 is 10.4 Å². The fourth-order valence-corrected chi connectivity index (χ4v) is 4.12. The second-order valence-corrected chi connectivity index (χ2v) is 8.40. The molecule has 4 rings (SSSR count). The zero-order chi connectivity index (χ0) is 22.5. The molecule has 1 saturated heterocycles. The van der Waals surface area contributed by atoms with Crippen LogP contribution in [0.25, 0.3) is 0 Å². The number of carbonyl (C=O) groups excluding carboxylic acids is 2. The topological polar surface area (TPSA) is 81.1 Å². The molecule has 0 saturated carbocycles. The summed E-state index contributed by atoms with van der Waals surface area (Å²) in [7, 11) is 1.83. The third kappa shape index (κ3) is 5.13. The Labute approximate surface area is 188 Å². The number of rotatable bonds is 6. The summed E-state index contributed by atoms with van der Waals surface area (Å²) in [6.07, 6.45) is 4.60. The van der Waals surface area contributed by atoms with Gasteiger partial charge in [0.25, 0.3) is 11.8 Å². The highest BCUT2D eigenvalue weighted by Crippen LogP contribution is 2.18. The second kappa shape index (κ2) is 9.91. The summed E-state index contributed by atoms with van der Waals surface area (Å²) in [6.45, 7) is 4.82. The molecule has 1 fully saturated rings. The number of hydrogen-bond acceptors (Lipinski definition) is 6. The molecule has 0 bridgehead atoms. The van der Waals surface area contributed by atoms with E-state index in [0.29, 0.717) is 5.69 Å². The molecule has 0 radical (unpaired) electrons. The molecule has 1 aromatic heterocycles. The second-order valence-electron chi connectivity index (χ2n) is 8.40. The quantitative estimate of drug-likeness (QED) is 0.750. The molecule has 1 aromatic carbocycles. The number of likely N-dealkylation sites (tertiary alicyclic amines) is 1. The van der Waals surface area contributed by atoms with Gasteiger partial charge in [-0.05, 0) is 44.0 Å². The average Bonchev–Trinajstić information content (AvgIpc) is 2.84. The first-order chi connectivity index (χ1) is 15.5. The Kier molecular flexibility index (Phi) is 6.80. The highest BCUT2D eigenvalue weighted by atomic mass is 16.2.